The third kappa shape index (κ3) is 4.01. The molecule has 0 radical (unpaired) electrons. The zero-order chi connectivity index (χ0) is 16.1. The van der Waals surface area contributed by atoms with Crippen molar-refractivity contribution in [3.8, 4) is 0 Å². The van der Waals surface area contributed by atoms with E-state index >= 15 is 0 Å². The van der Waals surface area contributed by atoms with Crippen LogP contribution in [0.3, 0.4) is 0 Å². The van der Waals surface area contributed by atoms with E-state index in [-0.39, 0.29) is 11.8 Å². The van der Waals surface area contributed by atoms with E-state index < -0.39 is 5.91 Å². The first kappa shape index (κ1) is 15.9. The number of hydrogen-bond donors (Lipinski definition) is 4. The van der Waals surface area contributed by atoms with Crippen molar-refractivity contribution in [2.24, 2.45) is 5.73 Å². The Morgan fingerprint density at radius 2 is 2.00 bits per heavy atom. The maximum Gasteiger partial charge on any atom is 0.323 e. The standard InChI is InChI=1S/C14H17N5O2S/c1-8-13(9(2)19-18-8)17-14(21)16-10-5-3-4-6-11(10)22-7-12(15)20/h3-6H,7H2,1-2H3,(H2,15,20)(H,18,19)(H2,16,17,21). The van der Waals surface area contributed by atoms with E-state index in [1.165, 1.54) is 11.8 Å². The van der Waals surface area contributed by atoms with Crippen molar-refractivity contribution >= 4 is 35.1 Å². The van der Waals surface area contributed by atoms with Crippen LogP contribution in [0.4, 0.5) is 16.2 Å². The number of nitrogens with two attached hydrogens (primary N) is 1. The quantitative estimate of drug-likeness (QED) is 0.633. The molecule has 7 nitrogen and oxygen atoms in total. The summed E-state index contributed by atoms with van der Waals surface area (Å²) in [5.74, 6) is -0.255. The Hall–Kier alpha value is -2.48. The van der Waals surface area contributed by atoms with Crippen molar-refractivity contribution in [1.29, 1.82) is 0 Å². The maximum atomic E-state index is 12.1. The highest BCUT2D eigenvalue weighted by Crippen LogP contribution is 2.27. The van der Waals surface area contributed by atoms with Gasteiger partial charge in [-0.2, -0.15) is 5.10 Å². The summed E-state index contributed by atoms with van der Waals surface area (Å²) in [4.78, 5) is 23.8. The van der Waals surface area contributed by atoms with Crippen LogP contribution in [0.1, 0.15) is 11.4 Å². The fourth-order valence-corrected chi connectivity index (χ4v) is 2.59. The number of urea groups is 1. The van der Waals surface area contributed by atoms with Crippen LogP contribution in [0.15, 0.2) is 29.2 Å². The molecule has 0 aliphatic carbocycles. The Kier molecular flexibility index (Phi) is 5.05. The van der Waals surface area contributed by atoms with Crippen LogP contribution in [-0.2, 0) is 4.79 Å². The van der Waals surface area contributed by atoms with Crippen LogP contribution >= 0.6 is 11.8 Å². The van der Waals surface area contributed by atoms with Gasteiger partial charge in [0.05, 0.1) is 28.5 Å². The normalized spacial score (nSPS) is 10.3. The first-order chi connectivity index (χ1) is 10.5. The van der Waals surface area contributed by atoms with Crippen LogP contribution in [0.5, 0.6) is 0 Å². The van der Waals surface area contributed by atoms with Gasteiger partial charge in [0.1, 0.15) is 0 Å². The zero-order valence-electron chi connectivity index (χ0n) is 12.3. The van der Waals surface area contributed by atoms with Gasteiger partial charge in [-0.15, -0.1) is 11.8 Å². The number of carbonyl (C=O) groups is 2. The minimum absolute atomic E-state index is 0.153. The summed E-state index contributed by atoms with van der Waals surface area (Å²) in [5, 5.41) is 12.3. The average molecular weight is 319 g/mol. The van der Waals surface area contributed by atoms with Crippen molar-refractivity contribution in [3.63, 3.8) is 0 Å². The molecule has 1 aromatic heterocycles. The number of aromatic amines is 1. The molecule has 0 aliphatic heterocycles. The molecule has 3 amide bonds. The Bertz CT molecular complexity index is 679. The van der Waals surface area contributed by atoms with Gasteiger partial charge >= 0.3 is 6.03 Å². The van der Waals surface area contributed by atoms with Crippen molar-refractivity contribution < 1.29 is 9.59 Å². The Morgan fingerprint density at radius 1 is 1.27 bits per heavy atom. The number of hydrogen-bond acceptors (Lipinski definition) is 4. The number of aromatic nitrogens is 2. The smallest absolute Gasteiger partial charge is 0.323 e. The van der Waals surface area contributed by atoms with Crippen molar-refractivity contribution in [2.75, 3.05) is 16.4 Å². The third-order valence-corrected chi connectivity index (χ3v) is 3.97. The molecule has 0 saturated heterocycles. The van der Waals surface area contributed by atoms with Crippen molar-refractivity contribution in [2.45, 2.75) is 18.7 Å². The van der Waals surface area contributed by atoms with Crippen LogP contribution in [0.2, 0.25) is 0 Å². The largest absolute Gasteiger partial charge is 0.369 e. The molecule has 1 heterocycles. The Labute approximate surface area is 132 Å². The summed E-state index contributed by atoms with van der Waals surface area (Å²) in [6.45, 7) is 3.63. The van der Waals surface area contributed by atoms with Crippen molar-refractivity contribution in [1.82, 2.24) is 10.2 Å². The highest BCUT2D eigenvalue weighted by molar-refractivity contribution is 8.00. The lowest BCUT2D eigenvalue weighted by molar-refractivity contribution is -0.115. The van der Waals surface area contributed by atoms with Crippen molar-refractivity contribution in [3.05, 3.63) is 35.7 Å². The lowest BCUT2D eigenvalue weighted by atomic mass is 10.3. The number of amides is 3. The van der Waals surface area contributed by atoms with E-state index in [0.717, 1.165) is 10.6 Å². The lowest BCUT2D eigenvalue weighted by Crippen LogP contribution is -2.20. The number of carbonyl (C=O) groups excluding carboxylic acids is 2. The van der Waals surface area contributed by atoms with E-state index in [4.69, 9.17) is 5.73 Å². The highest BCUT2D eigenvalue weighted by atomic mass is 32.2. The van der Waals surface area contributed by atoms with Gasteiger partial charge in [-0.25, -0.2) is 4.79 Å². The average Bonchev–Trinajstić information content (AvgIpc) is 2.78. The number of H-pyrrole nitrogens is 1. The Balaban J connectivity index is 2.07. The zero-order valence-corrected chi connectivity index (χ0v) is 13.1. The van der Waals surface area contributed by atoms with Gasteiger partial charge in [0.15, 0.2) is 0 Å². The highest BCUT2D eigenvalue weighted by Gasteiger charge is 2.12. The molecule has 0 saturated carbocycles. The minimum Gasteiger partial charge on any atom is -0.369 e. The number of aryl methyl sites for hydroxylation is 2. The van der Waals surface area contributed by atoms with Crippen LogP contribution in [0.25, 0.3) is 0 Å². The second-order valence-electron chi connectivity index (χ2n) is 4.64. The van der Waals surface area contributed by atoms with Gasteiger partial charge in [0.25, 0.3) is 0 Å². The van der Waals surface area contributed by atoms with Gasteiger partial charge in [-0.1, -0.05) is 12.1 Å². The van der Waals surface area contributed by atoms with Gasteiger partial charge in [-0.05, 0) is 26.0 Å². The molecule has 0 unspecified atom stereocenters. The summed E-state index contributed by atoms with van der Waals surface area (Å²) in [6, 6.07) is 6.84. The summed E-state index contributed by atoms with van der Waals surface area (Å²) >= 11 is 1.28. The fraction of sp³-hybridized carbons (Fsp3) is 0.214. The molecule has 2 rings (SSSR count). The van der Waals surface area contributed by atoms with E-state index in [2.05, 4.69) is 20.8 Å². The lowest BCUT2D eigenvalue weighted by Gasteiger charge is -2.11. The molecule has 5 N–H and O–H groups in total. The fourth-order valence-electron chi connectivity index (χ4n) is 1.85. The van der Waals surface area contributed by atoms with E-state index in [0.29, 0.717) is 17.1 Å². The molecule has 22 heavy (non-hydrogen) atoms. The predicted octanol–water partition coefficient (Wildman–Crippen LogP) is 2.25. The monoisotopic (exact) mass is 319 g/mol. The first-order valence-corrected chi connectivity index (χ1v) is 7.55. The number of nitrogens with zero attached hydrogens (tertiary/aromatic N) is 1. The van der Waals surface area contributed by atoms with Crippen LogP contribution in [0, 0.1) is 13.8 Å². The number of para-hydroxylation sites is 1. The molecular formula is C14H17N5O2S. The van der Waals surface area contributed by atoms with Gasteiger partial charge < -0.3 is 16.4 Å². The van der Waals surface area contributed by atoms with Crippen LogP contribution in [-0.4, -0.2) is 27.9 Å². The minimum atomic E-state index is -0.408. The summed E-state index contributed by atoms with van der Waals surface area (Å²) < 4.78 is 0. The topological polar surface area (TPSA) is 113 Å². The summed E-state index contributed by atoms with van der Waals surface area (Å²) in [7, 11) is 0. The van der Waals surface area contributed by atoms with E-state index in [9.17, 15) is 9.59 Å². The second kappa shape index (κ2) is 6.99. The van der Waals surface area contributed by atoms with E-state index in [1.807, 2.05) is 19.1 Å². The number of benzene rings is 1. The molecule has 116 valence electrons. The molecule has 0 aliphatic rings. The molecule has 0 fully saturated rings. The number of thioether (sulfide) groups is 1. The maximum absolute atomic E-state index is 12.1. The number of anilines is 2. The van der Waals surface area contributed by atoms with Gasteiger partial charge in [0.2, 0.25) is 5.91 Å². The van der Waals surface area contributed by atoms with Gasteiger partial charge in [0, 0.05) is 4.90 Å². The molecule has 0 atom stereocenters. The molecule has 8 heteroatoms. The summed E-state index contributed by atoms with van der Waals surface area (Å²) in [6.07, 6.45) is 0. The first-order valence-electron chi connectivity index (χ1n) is 6.57. The molecule has 1 aromatic carbocycles. The second-order valence-corrected chi connectivity index (χ2v) is 5.66. The Morgan fingerprint density at radius 3 is 2.64 bits per heavy atom. The number of rotatable bonds is 5. The molecule has 0 spiro atoms. The van der Waals surface area contributed by atoms with E-state index in [1.54, 1.807) is 19.1 Å². The summed E-state index contributed by atoms with van der Waals surface area (Å²) in [5.41, 5.74) is 7.91. The van der Waals surface area contributed by atoms with Gasteiger partial charge in [-0.3, -0.25) is 9.89 Å². The predicted molar refractivity (Wildman–Crippen MR) is 87.1 cm³/mol. The SMILES string of the molecule is Cc1n[nH]c(C)c1NC(=O)Nc1ccccc1SCC(N)=O. The number of nitrogens with one attached hydrogen (secondary N) is 3. The third-order valence-electron chi connectivity index (χ3n) is 2.87. The molecule has 2 aromatic rings. The number of primary amides is 1. The molecular weight excluding hydrogens is 302 g/mol. The van der Waals surface area contributed by atoms with Crippen LogP contribution < -0.4 is 16.4 Å². The molecule has 0 bridgehead atoms.